The van der Waals surface area contributed by atoms with Crippen LogP contribution < -0.4 is 0 Å². The first kappa shape index (κ1) is 91.3. The summed E-state index contributed by atoms with van der Waals surface area (Å²) in [6, 6.07) is 0. The van der Waals surface area contributed by atoms with Gasteiger partial charge in [0, 0.05) is 25.7 Å². The number of allylic oxidation sites excluding steroid dienone is 6. The van der Waals surface area contributed by atoms with Crippen molar-refractivity contribution in [3.63, 3.8) is 0 Å². The number of carbonyl (C=O) groups excluding carboxylic acids is 4. The highest BCUT2D eigenvalue weighted by Gasteiger charge is 2.30. The molecule has 0 aliphatic carbocycles. The largest absolute Gasteiger partial charge is 0.472 e. The van der Waals surface area contributed by atoms with Gasteiger partial charge in [-0.1, -0.05) is 289 Å². The number of esters is 4. The predicted molar refractivity (Wildman–Crippen MR) is 381 cm³/mol. The maximum atomic E-state index is 13.1. The number of aliphatic hydroxyl groups is 1. The summed E-state index contributed by atoms with van der Waals surface area (Å²) < 4.78 is 68.4. The van der Waals surface area contributed by atoms with E-state index >= 15 is 0 Å². The Morgan fingerprint density at radius 3 is 0.830 bits per heavy atom. The maximum Gasteiger partial charge on any atom is 0.472 e. The predicted octanol–water partition coefficient (Wildman–Crippen LogP) is 21.6. The average Bonchev–Trinajstić information content (AvgIpc) is 1.67. The number of aliphatic hydroxyl groups excluding tert-OH is 1. The van der Waals surface area contributed by atoms with E-state index in [-0.39, 0.29) is 25.7 Å². The average molecular weight is 1380 g/mol. The molecule has 0 aliphatic rings. The van der Waals surface area contributed by atoms with Crippen LogP contribution in [0.1, 0.15) is 362 Å². The highest BCUT2D eigenvalue weighted by Crippen LogP contribution is 2.45. The Morgan fingerprint density at radius 1 is 0.298 bits per heavy atom. The lowest BCUT2D eigenvalue weighted by atomic mass is 10.0. The first-order valence-corrected chi connectivity index (χ1v) is 41.2. The summed E-state index contributed by atoms with van der Waals surface area (Å²) >= 11 is 0. The fourth-order valence-corrected chi connectivity index (χ4v) is 12.3. The molecule has 0 heterocycles. The normalized spacial score (nSPS) is 14.2. The van der Waals surface area contributed by atoms with Crippen molar-refractivity contribution in [1.82, 2.24) is 0 Å². The second-order valence-corrected chi connectivity index (χ2v) is 28.9. The van der Waals surface area contributed by atoms with E-state index in [4.69, 9.17) is 37.0 Å². The third kappa shape index (κ3) is 67.8. The van der Waals surface area contributed by atoms with Crippen molar-refractivity contribution in [2.45, 2.75) is 380 Å². The lowest BCUT2D eigenvalue weighted by Gasteiger charge is -2.21. The van der Waals surface area contributed by atoms with Gasteiger partial charge < -0.3 is 33.8 Å². The Morgan fingerprint density at radius 2 is 0.521 bits per heavy atom. The van der Waals surface area contributed by atoms with Gasteiger partial charge in [-0.25, -0.2) is 9.13 Å². The van der Waals surface area contributed by atoms with Gasteiger partial charge in [0.1, 0.15) is 19.3 Å². The second-order valence-electron chi connectivity index (χ2n) is 26.0. The van der Waals surface area contributed by atoms with E-state index in [1.54, 1.807) is 0 Å². The molecule has 94 heavy (non-hydrogen) atoms. The fraction of sp³-hybridized carbons (Fsp3) is 0.867. The van der Waals surface area contributed by atoms with Crippen molar-refractivity contribution in [3.8, 4) is 0 Å². The van der Waals surface area contributed by atoms with Gasteiger partial charge >= 0.3 is 39.5 Å². The van der Waals surface area contributed by atoms with Gasteiger partial charge in [0.25, 0.3) is 0 Å². The molecule has 0 rings (SSSR count). The molecule has 0 aliphatic heterocycles. The summed E-state index contributed by atoms with van der Waals surface area (Å²) in [6.45, 7) is 4.88. The molecular weight excluding hydrogens is 1230 g/mol. The van der Waals surface area contributed by atoms with Gasteiger partial charge in [-0.15, -0.1) is 0 Å². The highest BCUT2D eigenvalue weighted by molar-refractivity contribution is 7.47. The summed E-state index contributed by atoms with van der Waals surface area (Å²) in [6.07, 6.45) is 62.7. The molecule has 0 aromatic heterocycles. The Kier molecular flexibility index (Phi) is 66.8. The van der Waals surface area contributed by atoms with Crippen molar-refractivity contribution in [2.75, 3.05) is 39.6 Å². The zero-order valence-electron chi connectivity index (χ0n) is 60.2. The molecule has 0 saturated carbocycles. The lowest BCUT2D eigenvalue weighted by molar-refractivity contribution is -0.161. The molecule has 17 nitrogen and oxygen atoms in total. The molecule has 0 aromatic rings. The second kappa shape index (κ2) is 68.8. The van der Waals surface area contributed by atoms with Gasteiger partial charge in [0.05, 0.1) is 26.4 Å². The topological polar surface area (TPSA) is 237 Å². The van der Waals surface area contributed by atoms with Crippen LogP contribution in [-0.2, 0) is 65.4 Å². The molecule has 0 aromatic carbocycles. The van der Waals surface area contributed by atoms with Crippen LogP contribution in [-0.4, -0.2) is 96.7 Å². The maximum absolute atomic E-state index is 13.1. The van der Waals surface area contributed by atoms with Crippen molar-refractivity contribution in [1.29, 1.82) is 0 Å². The molecular formula is C75H140O17P2. The molecule has 552 valence electrons. The van der Waals surface area contributed by atoms with Crippen molar-refractivity contribution < 1.29 is 80.2 Å². The molecule has 3 N–H and O–H groups in total. The standard InChI is InChI=1S/C75H140O17P2/c1-5-9-13-17-21-25-29-33-34-38-40-44-48-52-56-60-73(78)86-66-71(92-75(80)62-58-54-50-46-42-37-32-28-24-20-16-12-8-4)68-90-94(83,84)88-64-69(76)63-87-93(81,82)89-67-70(91-74(79)61-57-53-49-45-41-36-31-27-23-19-15-11-7-3)65-85-72(77)59-55-51-47-43-39-35-30-26-22-18-14-10-6-2/h21,25,28,32-34,69-71,76H,5-20,22-24,26-27,29-31,35-68H2,1-4H3,(H,81,82)(H,83,84)/b25-21-,32-28-,34-33-/t69-,70+,71+/m0/s1. The Labute approximate surface area is 573 Å². The minimum Gasteiger partial charge on any atom is -0.462 e. The third-order valence-electron chi connectivity index (χ3n) is 16.6. The van der Waals surface area contributed by atoms with Crippen molar-refractivity contribution in [2.24, 2.45) is 0 Å². The zero-order chi connectivity index (χ0) is 69.0. The van der Waals surface area contributed by atoms with E-state index in [0.29, 0.717) is 25.7 Å². The molecule has 0 radical (unpaired) electrons. The minimum atomic E-state index is -4.97. The van der Waals surface area contributed by atoms with Gasteiger partial charge in [-0.2, -0.15) is 0 Å². The smallest absolute Gasteiger partial charge is 0.462 e. The van der Waals surface area contributed by atoms with Crippen LogP contribution in [0.25, 0.3) is 0 Å². The number of phosphoric acid groups is 2. The number of hydrogen-bond donors (Lipinski definition) is 3. The van der Waals surface area contributed by atoms with Crippen LogP contribution in [0.3, 0.4) is 0 Å². The van der Waals surface area contributed by atoms with E-state index in [9.17, 15) is 43.2 Å². The number of ether oxygens (including phenoxy) is 4. The Hall–Kier alpha value is -2.72. The quantitative estimate of drug-likeness (QED) is 0.0169. The Balaban J connectivity index is 5.30. The van der Waals surface area contributed by atoms with Gasteiger partial charge in [0.2, 0.25) is 0 Å². The molecule has 0 fully saturated rings. The van der Waals surface area contributed by atoms with Crippen LogP contribution in [0.5, 0.6) is 0 Å². The van der Waals surface area contributed by atoms with E-state index in [0.717, 1.165) is 128 Å². The van der Waals surface area contributed by atoms with Crippen LogP contribution in [0.2, 0.25) is 0 Å². The summed E-state index contributed by atoms with van der Waals surface area (Å²) in [7, 11) is -9.92. The SMILES string of the molecule is CCCCC/C=C\C/C=C\CCCCCCCC(=O)OC[C@H](COP(=O)(O)OC[C@@H](O)COP(=O)(O)OC[C@@H](COC(=O)CCCCCCCCCCCCCCC)OC(=O)CCCCCCCCCCCCCCC)OC(=O)CCCCCCC/C=C\CCCCCC. The number of unbranched alkanes of at least 4 members (excludes halogenated alkanes) is 41. The summed E-state index contributed by atoms with van der Waals surface area (Å²) in [4.78, 5) is 72.7. The molecule has 0 saturated heterocycles. The van der Waals surface area contributed by atoms with Gasteiger partial charge in [-0.05, 0) is 83.5 Å². The van der Waals surface area contributed by atoms with Crippen LogP contribution in [0.15, 0.2) is 36.5 Å². The lowest BCUT2D eigenvalue weighted by Crippen LogP contribution is -2.30. The van der Waals surface area contributed by atoms with E-state index in [1.807, 2.05) is 0 Å². The molecule has 0 amide bonds. The van der Waals surface area contributed by atoms with Crippen LogP contribution >= 0.6 is 15.6 Å². The molecule has 19 heteroatoms. The zero-order valence-corrected chi connectivity index (χ0v) is 61.9. The Bertz CT molecular complexity index is 1930. The fourth-order valence-electron chi connectivity index (χ4n) is 10.7. The first-order valence-electron chi connectivity index (χ1n) is 38.2. The number of rotatable bonds is 73. The first-order chi connectivity index (χ1) is 45.7. The van der Waals surface area contributed by atoms with Crippen molar-refractivity contribution >= 4 is 39.5 Å². The minimum absolute atomic E-state index is 0.0876. The van der Waals surface area contributed by atoms with E-state index < -0.39 is 97.5 Å². The van der Waals surface area contributed by atoms with Gasteiger partial charge in [0.15, 0.2) is 12.2 Å². The number of phosphoric ester groups is 2. The monoisotopic (exact) mass is 1370 g/mol. The van der Waals surface area contributed by atoms with E-state index in [1.165, 1.54) is 154 Å². The summed E-state index contributed by atoms with van der Waals surface area (Å²) in [5.74, 6) is -2.16. The number of hydrogen-bond acceptors (Lipinski definition) is 15. The van der Waals surface area contributed by atoms with Crippen molar-refractivity contribution in [3.05, 3.63) is 36.5 Å². The third-order valence-corrected chi connectivity index (χ3v) is 18.5. The van der Waals surface area contributed by atoms with Crippen LogP contribution in [0, 0.1) is 0 Å². The molecule has 0 spiro atoms. The highest BCUT2D eigenvalue weighted by atomic mass is 31.2. The van der Waals surface area contributed by atoms with Gasteiger partial charge in [-0.3, -0.25) is 37.3 Å². The number of carbonyl (C=O) groups is 4. The molecule has 2 unspecified atom stereocenters. The molecule has 5 atom stereocenters. The van der Waals surface area contributed by atoms with E-state index in [2.05, 4.69) is 64.2 Å². The molecule has 0 bridgehead atoms. The summed E-state index contributed by atoms with van der Waals surface area (Å²) in [5, 5.41) is 10.6. The van der Waals surface area contributed by atoms with Crippen LogP contribution in [0.4, 0.5) is 0 Å². The summed E-state index contributed by atoms with van der Waals surface area (Å²) in [5.41, 5.74) is 0.